The van der Waals surface area contributed by atoms with E-state index in [4.69, 9.17) is 14.0 Å². The predicted molar refractivity (Wildman–Crippen MR) is 119 cm³/mol. The molecular weight excluding hydrogens is 408 g/mol. The summed E-state index contributed by atoms with van der Waals surface area (Å²) in [6.45, 7) is 6.00. The van der Waals surface area contributed by atoms with E-state index in [1.54, 1.807) is 7.11 Å². The highest BCUT2D eigenvalue weighted by atomic mass is 16.5. The number of nitrogens with zero attached hydrogens (tertiary/aromatic N) is 4. The van der Waals surface area contributed by atoms with Gasteiger partial charge in [0.25, 0.3) is 11.8 Å². The zero-order valence-corrected chi connectivity index (χ0v) is 18.4. The van der Waals surface area contributed by atoms with E-state index < -0.39 is 6.10 Å². The van der Waals surface area contributed by atoms with E-state index in [1.807, 2.05) is 54.3 Å². The van der Waals surface area contributed by atoms with Crippen LogP contribution in [0, 0.1) is 0 Å². The summed E-state index contributed by atoms with van der Waals surface area (Å²) < 4.78 is 16.0. The van der Waals surface area contributed by atoms with Gasteiger partial charge in [-0.3, -0.25) is 9.69 Å². The molecule has 4 rings (SSSR count). The maximum absolute atomic E-state index is 12.7. The summed E-state index contributed by atoms with van der Waals surface area (Å²) in [6.07, 6.45) is -0.494. The van der Waals surface area contributed by atoms with Crippen molar-refractivity contribution in [3.63, 3.8) is 0 Å². The first-order chi connectivity index (χ1) is 15.6. The second kappa shape index (κ2) is 10.4. The van der Waals surface area contributed by atoms with Gasteiger partial charge in [0, 0.05) is 45.4 Å². The lowest BCUT2D eigenvalue weighted by Crippen LogP contribution is -2.51. The van der Waals surface area contributed by atoms with E-state index in [1.165, 1.54) is 5.56 Å². The lowest BCUT2D eigenvalue weighted by molar-refractivity contribution is -0.139. The quantitative estimate of drug-likeness (QED) is 0.537. The van der Waals surface area contributed by atoms with E-state index in [2.05, 4.69) is 27.2 Å². The first-order valence-corrected chi connectivity index (χ1v) is 10.8. The number of aromatic nitrogens is 2. The molecule has 0 radical (unpaired) electrons. The number of amides is 1. The number of ether oxygens (including phenoxy) is 2. The molecular formula is C24H28N4O4. The van der Waals surface area contributed by atoms with Crippen LogP contribution in [0.2, 0.25) is 0 Å². The largest absolute Gasteiger partial charge is 0.481 e. The summed E-state index contributed by atoms with van der Waals surface area (Å²) in [6, 6.07) is 17.6. The van der Waals surface area contributed by atoms with Gasteiger partial charge in [-0.2, -0.15) is 4.98 Å². The van der Waals surface area contributed by atoms with Crippen LogP contribution in [0.25, 0.3) is 11.4 Å². The van der Waals surface area contributed by atoms with Crippen LogP contribution in [0.4, 0.5) is 0 Å². The maximum Gasteiger partial charge on any atom is 0.263 e. The highest BCUT2D eigenvalue weighted by molar-refractivity contribution is 5.81. The molecule has 0 bridgehead atoms. The smallest absolute Gasteiger partial charge is 0.263 e. The molecule has 8 nitrogen and oxygen atoms in total. The zero-order chi connectivity index (χ0) is 22.3. The van der Waals surface area contributed by atoms with Crippen molar-refractivity contribution in [1.29, 1.82) is 0 Å². The molecule has 1 saturated heterocycles. The topological polar surface area (TPSA) is 80.9 Å². The third-order valence-corrected chi connectivity index (χ3v) is 5.44. The number of para-hydroxylation sites is 1. The van der Waals surface area contributed by atoms with Crippen LogP contribution >= 0.6 is 0 Å². The number of methoxy groups -OCH3 is 1. The molecule has 1 atom stereocenters. The summed E-state index contributed by atoms with van der Waals surface area (Å²) in [5, 5.41) is 3.99. The highest BCUT2D eigenvalue weighted by Gasteiger charge is 2.26. The molecule has 0 aliphatic carbocycles. The Hall–Kier alpha value is -3.23. The molecule has 1 fully saturated rings. The molecule has 1 aliphatic heterocycles. The molecule has 1 amide bonds. The Morgan fingerprint density at radius 1 is 1.06 bits per heavy atom. The predicted octanol–water partition coefficient (Wildman–Crippen LogP) is 2.99. The second-order valence-electron chi connectivity index (χ2n) is 7.82. The molecule has 2 heterocycles. The van der Waals surface area contributed by atoms with Crippen LogP contribution in [0.15, 0.2) is 59.1 Å². The molecule has 3 aromatic rings. The molecule has 1 aromatic heterocycles. The molecule has 2 aromatic carbocycles. The fourth-order valence-electron chi connectivity index (χ4n) is 3.71. The van der Waals surface area contributed by atoms with Gasteiger partial charge in [0.15, 0.2) is 6.10 Å². The van der Waals surface area contributed by atoms with Crippen LogP contribution in [-0.4, -0.2) is 65.2 Å². The molecule has 32 heavy (non-hydrogen) atoms. The average molecular weight is 437 g/mol. The second-order valence-corrected chi connectivity index (χ2v) is 7.82. The van der Waals surface area contributed by atoms with Crippen molar-refractivity contribution in [3.8, 4) is 17.1 Å². The Morgan fingerprint density at radius 2 is 1.78 bits per heavy atom. The molecule has 8 heteroatoms. The fourth-order valence-corrected chi connectivity index (χ4v) is 3.71. The number of carbonyl (C=O) groups excluding carboxylic acids is 1. The van der Waals surface area contributed by atoms with Gasteiger partial charge >= 0.3 is 0 Å². The van der Waals surface area contributed by atoms with Crippen molar-refractivity contribution in [2.24, 2.45) is 0 Å². The van der Waals surface area contributed by atoms with Crippen molar-refractivity contribution in [2.75, 3.05) is 33.3 Å². The summed E-state index contributed by atoms with van der Waals surface area (Å²) in [7, 11) is 1.59. The summed E-state index contributed by atoms with van der Waals surface area (Å²) in [5.74, 6) is 1.77. The lowest BCUT2D eigenvalue weighted by atomic mass is 10.1. The highest BCUT2D eigenvalue weighted by Crippen LogP contribution is 2.19. The summed E-state index contributed by atoms with van der Waals surface area (Å²) >= 11 is 0. The molecule has 1 unspecified atom stereocenters. The van der Waals surface area contributed by atoms with Crippen LogP contribution in [0.1, 0.15) is 18.4 Å². The average Bonchev–Trinajstić information content (AvgIpc) is 3.29. The van der Waals surface area contributed by atoms with Crippen LogP contribution in [0.5, 0.6) is 5.75 Å². The van der Waals surface area contributed by atoms with Gasteiger partial charge in [-0.05, 0) is 24.6 Å². The lowest BCUT2D eigenvalue weighted by Gasteiger charge is -2.35. The van der Waals surface area contributed by atoms with Crippen molar-refractivity contribution in [2.45, 2.75) is 26.2 Å². The number of carbonyl (C=O) groups is 1. The van der Waals surface area contributed by atoms with Crippen molar-refractivity contribution in [3.05, 3.63) is 66.1 Å². The minimum absolute atomic E-state index is 0.0332. The number of hydrogen-bond acceptors (Lipinski definition) is 7. The van der Waals surface area contributed by atoms with E-state index in [0.717, 1.165) is 25.2 Å². The van der Waals surface area contributed by atoms with Crippen molar-refractivity contribution < 1.29 is 18.8 Å². The first kappa shape index (κ1) is 22.0. The molecule has 0 spiro atoms. The Kier molecular flexibility index (Phi) is 7.14. The molecule has 168 valence electrons. The van der Waals surface area contributed by atoms with Crippen LogP contribution in [-0.2, 0) is 22.7 Å². The standard InChI is InChI=1S/C24H28N4O4/c1-18(31-21-6-4-3-5-7-21)24(29)28-14-12-27(13-15-28)16-19-8-10-20(11-9-19)23-25-22(17-30-2)32-26-23/h3-11,18H,12-17H2,1-2H3. The van der Waals surface area contributed by atoms with Gasteiger partial charge in [0.1, 0.15) is 12.4 Å². The zero-order valence-electron chi connectivity index (χ0n) is 18.4. The van der Waals surface area contributed by atoms with E-state index >= 15 is 0 Å². The van der Waals surface area contributed by atoms with E-state index in [9.17, 15) is 4.79 Å². The first-order valence-electron chi connectivity index (χ1n) is 10.8. The summed E-state index contributed by atoms with van der Waals surface area (Å²) in [4.78, 5) is 21.3. The minimum atomic E-state index is -0.494. The third-order valence-electron chi connectivity index (χ3n) is 5.44. The SMILES string of the molecule is COCc1nc(-c2ccc(CN3CCN(C(=O)C(C)Oc4ccccc4)CC3)cc2)no1. The Bertz CT molecular complexity index is 998. The number of benzene rings is 2. The van der Waals surface area contributed by atoms with Gasteiger partial charge in [-0.15, -0.1) is 0 Å². The normalized spacial score (nSPS) is 15.5. The fraction of sp³-hybridized carbons (Fsp3) is 0.375. The van der Waals surface area contributed by atoms with Crippen molar-refractivity contribution in [1.82, 2.24) is 19.9 Å². The van der Waals surface area contributed by atoms with E-state index in [-0.39, 0.29) is 5.91 Å². The van der Waals surface area contributed by atoms with Gasteiger partial charge < -0.3 is 18.9 Å². The van der Waals surface area contributed by atoms with Crippen LogP contribution < -0.4 is 4.74 Å². The van der Waals surface area contributed by atoms with Crippen molar-refractivity contribution >= 4 is 5.91 Å². The maximum atomic E-state index is 12.7. The number of rotatable bonds is 8. The Balaban J connectivity index is 1.26. The molecule has 1 aliphatic rings. The third kappa shape index (κ3) is 5.52. The minimum Gasteiger partial charge on any atom is -0.481 e. The van der Waals surface area contributed by atoms with Gasteiger partial charge in [-0.1, -0.05) is 47.6 Å². The van der Waals surface area contributed by atoms with Crippen LogP contribution in [0.3, 0.4) is 0 Å². The van der Waals surface area contributed by atoms with Gasteiger partial charge in [-0.25, -0.2) is 0 Å². The Morgan fingerprint density at radius 3 is 2.47 bits per heavy atom. The summed E-state index contributed by atoms with van der Waals surface area (Å²) in [5.41, 5.74) is 2.11. The van der Waals surface area contributed by atoms with E-state index in [0.29, 0.717) is 37.2 Å². The molecule has 0 saturated carbocycles. The van der Waals surface area contributed by atoms with Gasteiger partial charge in [0.2, 0.25) is 5.82 Å². The number of piperazine rings is 1. The number of hydrogen-bond donors (Lipinski definition) is 0. The van der Waals surface area contributed by atoms with Gasteiger partial charge in [0.05, 0.1) is 0 Å². The Labute approximate surface area is 187 Å². The molecule has 0 N–H and O–H groups in total. The monoisotopic (exact) mass is 436 g/mol.